The van der Waals surface area contributed by atoms with Crippen LogP contribution in [0.4, 0.5) is 5.69 Å². The van der Waals surface area contributed by atoms with Crippen molar-refractivity contribution in [2.45, 2.75) is 19.8 Å². The summed E-state index contributed by atoms with van der Waals surface area (Å²) in [5.74, 6) is -0.0364. The summed E-state index contributed by atoms with van der Waals surface area (Å²) in [5, 5.41) is 2.93. The number of carbonyl (C=O) groups is 1. The normalized spacial score (nSPS) is 12.9. The van der Waals surface area contributed by atoms with E-state index in [1.54, 1.807) is 6.92 Å². The number of para-hydroxylation sites is 1. The molecule has 1 amide bonds. The van der Waals surface area contributed by atoms with Gasteiger partial charge in [-0.25, -0.2) is 0 Å². The molecular formula is C18H17NO. The van der Waals surface area contributed by atoms with Gasteiger partial charge in [0, 0.05) is 18.2 Å². The fourth-order valence-electron chi connectivity index (χ4n) is 2.47. The Hall–Kier alpha value is -2.35. The SMILES string of the molecule is CC(=O)Nc1ccccc1C(=C1CC1)c1ccccc1. The summed E-state index contributed by atoms with van der Waals surface area (Å²) >= 11 is 0. The molecule has 0 bridgehead atoms. The largest absolute Gasteiger partial charge is 0.326 e. The van der Waals surface area contributed by atoms with Gasteiger partial charge in [0.05, 0.1) is 0 Å². The number of allylic oxidation sites excluding steroid dienone is 1. The Labute approximate surface area is 119 Å². The van der Waals surface area contributed by atoms with Crippen LogP contribution in [0.25, 0.3) is 5.57 Å². The van der Waals surface area contributed by atoms with E-state index in [9.17, 15) is 4.79 Å². The zero-order valence-corrected chi connectivity index (χ0v) is 11.5. The zero-order chi connectivity index (χ0) is 13.9. The minimum atomic E-state index is -0.0364. The summed E-state index contributed by atoms with van der Waals surface area (Å²) in [6.45, 7) is 1.54. The molecule has 0 aromatic heterocycles. The molecule has 20 heavy (non-hydrogen) atoms. The molecule has 2 nitrogen and oxygen atoms in total. The van der Waals surface area contributed by atoms with E-state index in [-0.39, 0.29) is 5.91 Å². The lowest BCUT2D eigenvalue weighted by molar-refractivity contribution is -0.114. The first kappa shape index (κ1) is 12.7. The van der Waals surface area contributed by atoms with Gasteiger partial charge in [-0.3, -0.25) is 4.79 Å². The molecule has 1 fully saturated rings. The molecule has 0 aliphatic heterocycles. The first-order valence-corrected chi connectivity index (χ1v) is 6.90. The average molecular weight is 263 g/mol. The standard InChI is InChI=1S/C18H17NO/c1-13(20)19-17-10-6-5-9-16(17)18(15-11-12-15)14-7-3-2-4-8-14/h2-10H,11-12H2,1H3,(H,19,20). The number of amides is 1. The number of hydrogen-bond donors (Lipinski definition) is 1. The lowest BCUT2D eigenvalue weighted by Crippen LogP contribution is -2.08. The van der Waals surface area contributed by atoms with Crippen molar-refractivity contribution in [1.29, 1.82) is 0 Å². The Morgan fingerprint density at radius 1 is 0.950 bits per heavy atom. The molecule has 3 rings (SSSR count). The van der Waals surface area contributed by atoms with Gasteiger partial charge in [0.1, 0.15) is 0 Å². The molecule has 0 spiro atoms. The van der Waals surface area contributed by atoms with Gasteiger partial charge in [0.2, 0.25) is 5.91 Å². The lowest BCUT2D eigenvalue weighted by Gasteiger charge is -2.14. The Bertz CT molecular complexity index is 665. The van der Waals surface area contributed by atoms with Crippen LogP contribution in [-0.2, 0) is 4.79 Å². The number of rotatable bonds is 3. The number of carbonyl (C=O) groups excluding carboxylic acids is 1. The highest BCUT2D eigenvalue weighted by molar-refractivity contribution is 5.96. The van der Waals surface area contributed by atoms with Gasteiger partial charge in [-0.1, -0.05) is 54.1 Å². The second-order valence-electron chi connectivity index (χ2n) is 5.07. The van der Waals surface area contributed by atoms with Gasteiger partial charge >= 0.3 is 0 Å². The Balaban J connectivity index is 2.11. The van der Waals surface area contributed by atoms with Crippen LogP contribution < -0.4 is 5.32 Å². The monoisotopic (exact) mass is 263 g/mol. The predicted molar refractivity (Wildman–Crippen MR) is 82.4 cm³/mol. The summed E-state index contributed by atoms with van der Waals surface area (Å²) in [5.41, 5.74) is 5.96. The van der Waals surface area contributed by atoms with E-state index in [1.807, 2.05) is 24.3 Å². The van der Waals surface area contributed by atoms with Crippen LogP contribution in [-0.4, -0.2) is 5.91 Å². The minimum Gasteiger partial charge on any atom is -0.326 e. The summed E-state index contributed by atoms with van der Waals surface area (Å²) in [6.07, 6.45) is 2.30. The van der Waals surface area contributed by atoms with E-state index in [0.29, 0.717) is 0 Å². The fourth-order valence-corrected chi connectivity index (χ4v) is 2.47. The van der Waals surface area contributed by atoms with Crippen molar-refractivity contribution >= 4 is 17.2 Å². The highest BCUT2D eigenvalue weighted by Gasteiger charge is 2.22. The van der Waals surface area contributed by atoms with Crippen LogP contribution in [0.15, 0.2) is 60.2 Å². The molecular weight excluding hydrogens is 246 g/mol. The fraction of sp³-hybridized carbons (Fsp3) is 0.167. The molecule has 0 radical (unpaired) electrons. The van der Waals surface area contributed by atoms with E-state index in [0.717, 1.165) is 24.1 Å². The zero-order valence-electron chi connectivity index (χ0n) is 11.5. The van der Waals surface area contributed by atoms with Crippen molar-refractivity contribution in [3.8, 4) is 0 Å². The van der Waals surface area contributed by atoms with E-state index in [4.69, 9.17) is 0 Å². The van der Waals surface area contributed by atoms with Crippen molar-refractivity contribution in [2.24, 2.45) is 0 Å². The Morgan fingerprint density at radius 3 is 2.25 bits per heavy atom. The first-order valence-electron chi connectivity index (χ1n) is 6.90. The van der Waals surface area contributed by atoms with Crippen LogP contribution in [0.5, 0.6) is 0 Å². The topological polar surface area (TPSA) is 29.1 Å². The second-order valence-corrected chi connectivity index (χ2v) is 5.07. The maximum atomic E-state index is 11.4. The molecule has 0 unspecified atom stereocenters. The molecule has 0 atom stereocenters. The van der Waals surface area contributed by atoms with Crippen molar-refractivity contribution in [3.05, 3.63) is 71.3 Å². The quantitative estimate of drug-likeness (QED) is 0.881. The third kappa shape index (κ3) is 2.64. The number of benzene rings is 2. The lowest BCUT2D eigenvalue weighted by atomic mass is 9.95. The minimum absolute atomic E-state index is 0.0364. The molecule has 0 heterocycles. The van der Waals surface area contributed by atoms with Crippen LogP contribution >= 0.6 is 0 Å². The maximum Gasteiger partial charge on any atom is 0.221 e. The molecule has 2 aromatic rings. The van der Waals surface area contributed by atoms with Gasteiger partial charge < -0.3 is 5.32 Å². The summed E-state index contributed by atoms with van der Waals surface area (Å²) < 4.78 is 0. The second kappa shape index (κ2) is 5.33. The van der Waals surface area contributed by atoms with Crippen LogP contribution in [0, 0.1) is 0 Å². The van der Waals surface area contributed by atoms with Gasteiger partial charge in [-0.15, -0.1) is 0 Å². The Morgan fingerprint density at radius 2 is 1.60 bits per heavy atom. The average Bonchev–Trinajstić information content (AvgIpc) is 3.26. The summed E-state index contributed by atoms with van der Waals surface area (Å²) in [7, 11) is 0. The molecule has 1 saturated carbocycles. The number of nitrogens with one attached hydrogen (secondary N) is 1. The van der Waals surface area contributed by atoms with Gasteiger partial charge in [-0.05, 0) is 30.0 Å². The molecule has 1 N–H and O–H groups in total. The third-order valence-electron chi connectivity index (χ3n) is 3.42. The van der Waals surface area contributed by atoms with E-state index < -0.39 is 0 Å². The van der Waals surface area contributed by atoms with Crippen molar-refractivity contribution in [3.63, 3.8) is 0 Å². The van der Waals surface area contributed by atoms with Crippen molar-refractivity contribution in [2.75, 3.05) is 5.32 Å². The first-order chi connectivity index (χ1) is 9.75. The third-order valence-corrected chi connectivity index (χ3v) is 3.42. The number of hydrogen-bond acceptors (Lipinski definition) is 1. The highest BCUT2D eigenvalue weighted by Crippen LogP contribution is 2.42. The predicted octanol–water partition coefficient (Wildman–Crippen LogP) is 4.24. The van der Waals surface area contributed by atoms with Crippen LogP contribution in [0.3, 0.4) is 0 Å². The van der Waals surface area contributed by atoms with E-state index in [1.165, 1.54) is 16.7 Å². The van der Waals surface area contributed by atoms with Gasteiger partial charge in [0.25, 0.3) is 0 Å². The smallest absolute Gasteiger partial charge is 0.221 e. The summed E-state index contributed by atoms with van der Waals surface area (Å²) in [6, 6.07) is 18.4. The van der Waals surface area contributed by atoms with Crippen LogP contribution in [0.1, 0.15) is 30.9 Å². The molecule has 2 aromatic carbocycles. The van der Waals surface area contributed by atoms with Crippen molar-refractivity contribution < 1.29 is 4.79 Å². The Kier molecular flexibility index (Phi) is 3.38. The number of anilines is 1. The molecule has 0 saturated heterocycles. The molecule has 1 aliphatic carbocycles. The molecule has 100 valence electrons. The van der Waals surface area contributed by atoms with Gasteiger partial charge in [-0.2, -0.15) is 0 Å². The molecule has 2 heteroatoms. The van der Waals surface area contributed by atoms with E-state index in [2.05, 4.69) is 35.6 Å². The van der Waals surface area contributed by atoms with Crippen LogP contribution in [0.2, 0.25) is 0 Å². The highest BCUT2D eigenvalue weighted by atomic mass is 16.1. The van der Waals surface area contributed by atoms with E-state index >= 15 is 0 Å². The van der Waals surface area contributed by atoms with Crippen molar-refractivity contribution in [1.82, 2.24) is 0 Å². The summed E-state index contributed by atoms with van der Waals surface area (Å²) in [4.78, 5) is 11.4. The maximum absolute atomic E-state index is 11.4. The molecule has 1 aliphatic rings. The van der Waals surface area contributed by atoms with Gasteiger partial charge in [0.15, 0.2) is 0 Å².